The van der Waals surface area contributed by atoms with Crippen LogP contribution in [0.1, 0.15) is 182 Å². The van der Waals surface area contributed by atoms with Gasteiger partial charge in [-0.1, -0.05) is 146 Å². The van der Waals surface area contributed by atoms with Gasteiger partial charge in [-0.2, -0.15) is 0 Å². The van der Waals surface area contributed by atoms with Crippen molar-refractivity contribution in [3.8, 4) is 0 Å². The molecule has 2 rings (SSSR count). The van der Waals surface area contributed by atoms with Crippen molar-refractivity contribution in [2.24, 2.45) is 0 Å². The Morgan fingerprint density at radius 2 is 0.743 bits per heavy atom. The van der Waals surface area contributed by atoms with E-state index in [0.717, 1.165) is 10.3 Å². The third-order valence-corrected chi connectivity index (χ3v) is 18.3. The van der Waals surface area contributed by atoms with E-state index in [1.165, 1.54) is 89.9 Å². The molecule has 0 bridgehead atoms. The molecule has 0 aliphatic carbocycles. The van der Waals surface area contributed by atoms with Crippen LogP contribution >= 0.6 is 15.8 Å². The van der Waals surface area contributed by atoms with Gasteiger partial charge in [0.25, 0.3) is 0 Å². The summed E-state index contributed by atoms with van der Waals surface area (Å²) in [5.74, 6) is 1.73. The Kier molecular flexibility index (Phi) is 17.4. The van der Waals surface area contributed by atoms with Gasteiger partial charge >= 0.3 is 0 Å². The van der Waals surface area contributed by atoms with Gasteiger partial charge in [0.05, 0.1) is 0 Å². The third-order valence-electron chi connectivity index (χ3n) is 9.81. The molecule has 0 aromatic rings. The molecule has 0 nitrogen and oxygen atoms in total. The largest absolute Gasteiger partial charge is 0.0959 e. The van der Waals surface area contributed by atoms with Crippen molar-refractivity contribution in [2.75, 3.05) is 18.2 Å². The summed E-state index contributed by atoms with van der Waals surface area (Å²) in [6.07, 6.45) is 39.8. The smallest absolute Gasteiger partial charge is 0.00912 e. The highest BCUT2D eigenvalue weighted by Crippen LogP contribution is 2.70. The molecule has 2 unspecified atom stereocenters. The zero-order chi connectivity index (χ0) is 25.2. The van der Waals surface area contributed by atoms with Crippen LogP contribution in [0.4, 0.5) is 0 Å². The Labute approximate surface area is 225 Å². The average molecular weight is 525 g/mol. The van der Waals surface area contributed by atoms with Gasteiger partial charge in [-0.05, 0) is 79.9 Å². The Hall–Kier alpha value is 0.860. The molecule has 0 aromatic heterocycles. The van der Waals surface area contributed by atoms with Crippen LogP contribution in [0.15, 0.2) is 0 Å². The van der Waals surface area contributed by atoms with Crippen LogP contribution in [0, 0.1) is 0 Å². The standard InChI is InChI=1S/C33H66P2/c1-5-9-23-32(24-10-6-2)27-19-15-13-17-21-29-34(32)31-35-30-22-18-14-16-20-28-33(35,25-11-7-3)26-12-8-4/h5-31H2,1-4H3. The van der Waals surface area contributed by atoms with Crippen molar-refractivity contribution in [1.29, 1.82) is 0 Å². The maximum absolute atomic E-state index is 2.45. The Morgan fingerprint density at radius 1 is 0.429 bits per heavy atom. The van der Waals surface area contributed by atoms with Crippen LogP contribution < -0.4 is 0 Å². The molecule has 0 aromatic carbocycles. The fraction of sp³-hybridized carbons (Fsp3) is 1.00. The molecule has 0 N–H and O–H groups in total. The number of hydrogen-bond donors (Lipinski definition) is 0. The first kappa shape index (κ1) is 32.1. The summed E-state index contributed by atoms with van der Waals surface area (Å²) in [5.41, 5.74) is 0. The minimum Gasteiger partial charge on any atom is -0.0959 e. The highest BCUT2D eigenvalue weighted by Gasteiger charge is 2.43. The van der Waals surface area contributed by atoms with Crippen LogP contribution in [0.5, 0.6) is 0 Å². The Bertz CT molecular complexity index is 441. The number of hydrogen-bond acceptors (Lipinski definition) is 0. The van der Waals surface area contributed by atoms with Gasteiger partial charge in [-0.3, -0.25) is 0 Å². The lowest BCUT2D eigenvalue weighted by Crippen LogP contribution is -2.33. The Balaban J connectivity index is 2.42. The fourth-order valence-corrected chi connectivity index (χ4v) is 17.6. The first-order chi connectivity index (χ1) is 17.2. The van der Waals surface area contributed by atoms with Crippen molar-refractivity contribution in [3.05, 3.63) is 0 Å². The van der Waals surface area contributed by atoms with Gasteiger partial charge in [-0.25, -0.2) is 0 Å². The van der Waals surface area contributed by atoms with Crippen molar-refractivity contribution in [3.63, 3.8) is 0 Å². The van der Waals surface area contributed by atoms with E-state index in [0.29, 0.717) is 0 Å². The zero-order valence-electron chi connectivity index (χ0n) is 25.0. The maximum Gasteiger partial charge on any atom is -0.00912 e. The summed E-state index contributed by atoms with van der Waals surface area (Å²) in [7, 11) is 0.370. The lowest BCUT2D eigenvalue weighted by Gasteiger charge is -2.49. The third kappa shape index (κ3) is 10.9. The van der Waals surface area contributed by atoms with Crippen molar-refractivity contribution >= 4 is 15.8 Å². The van der Waals surface area contributed by atoms with E-state index >= 15 is 0 Å². The normalized spacial score (nSPS) is 26.1. The molecule has 2 heterocycles. The summed E-state index contributed by atoms with van der Waals surface area (Å²) in [6.45, 7) is 9.81. The number of rotatable bonds is 14. The van der Waals surface area contributed by atoms with Crippen molar-refractivity contribution < 1.29 is 0 Å². The van der Waals surface area contributed by atoms with E-state index in [1.54, 1.807) is 82.4 Å². The zero-order valence-corrected chi connectivity index (χ0v) is 26.8. The Morgan fingerprint density at radius 3 is 1.09 bits per heavy atom. The van der Waals surface area contributed by atoms with Crippen LogP contribution in [-0.2, 0) is 0 Å². The lowest BCUT2D eigenvalue weighted by molar-refractivity contribution is 0.410. The molecular weight excluding hydrogens is 458 g/mol. The SMILES string of the molecule is CCCCC1(CCCC)CCCCCCCP1CP1CCCCCCCC1(CCCC)CCCC. The second-order valence-electron chi connectivity index (χ2n) is 12.6. The molecule has 0 radical (unpaired) electrons. The van der Waals surface area contributed by atoms with Gasteiger partial charge in [0.2, 0.25) is 0 Å². The van der Waals surface area contributed by atoms with Gasteiger partial charge in [0.1, 0.15) is 0 Å². The highest BCUT2D eigenvalue weighted by molar-refractivity contribution is 7.76. The second kappa shape index (κ2) is 19.0. The molecule has 0 saturated carbocycles. The van der Waals surface area contributed by atoms with Crippen LogP contribution in [0.25, 0.3) is 0 Å². The molecule has 208 valence electrons. The lowest BCUT2D eigenvalue weighted by atomic mass is 9.89. The molecule has 2 heteroatoms. The first-order valence-electron chi connectivity index (χ1n) is 16.7. The maximum atomic E-state index is 2.45. The summed E-state index contributed by atoms with van der Waals surface area (Å²) < 4.78 is 0. The second-order valence-corrected chi connectivity index (χ2v) is 18.6. The van der Waals surface area contributed by atoms with E-state index in [-0.39, 0.29) is 15.8 Å². The van der Waals surface area contributed by atoms with E-state index in [4.69, 9.17) is 0 Å². The average Bonchev–Trinajstić information content (AvgIpc) is 3.03. The fourth-order valence-electron chi connectivity index (χ4n) is 7.42. The molecule has 2 aliphatic rings. The van der Waals surface area contributed by atoms with Gasteiger partial charge < -0.3 is 0 Å². The van der Waals surface area contributed by atoms with E-state index in [2.05, 4.69) is 27.7 Å². The molecule has 2 atom stereocenters. The van der Waals surface area contributed by atoms with E-state index in [1.807, 2.05) is 0 Å². The summed E-state index contributed by atoms with van der Waals surface area (Å²) in [5, 5.41) is 1.49. The van der Waals surface area contributed by atoms with Gasteiger partial charge in [0, 0.05) is 0 Å². The molecule has 2 aliphatic heterocycles. The minimum absolute atomic E-state index is 0.185. The van der Waals surface area contributed by atoms with Crippen molar-refractivity contribution in [2.45, 2.75) is 192 Å². The van der Waals surface area contributed by atoms with Gasteiger partial charge in [-0.15, -0.1) is 0 Å². The highest BCUT2D eigenvalue weighted by atomic mass is 31.2. The predicted octanol–water partition coefficient (Wildman–Crippen LogP) is 12.9. The molecule has 2 fully saturated rings. The van der Waals surface area contributed by atoms with E-state index in [9.17, 15) is 0 Å². The number of unbranched alkanes of at least 4 members (excludes halogenated alkanes) is 4. The molecule has 0 spiro atoms. The van der Waals surface area contributed by atoms with Crippen molar-refractivity contribution in [1.82, 2.24) is 0 Å². The molecule has 2 saturated heterocycles. The van der Waals surface area contributed by atoms with Crippen LogP contribution in [0.3, 0.4) is 0 Å². The molecule has 35 heavy (non-hydrogen) atoms. The quantitative estimate of drug-likeness (QED) is 0.198. The summed E-state index contributed by atoms with van der Waals surface area (Å²) >= 11 is 0. The first-order valence-corrected chi connectivity index (χ1v) is 20.1. The molecular formula is C33H66P2. The van der Waals surface area contributed by atoms with E-state index < -0.39 is 0 Å². The van der Waals surface area contributed by atoms with Crippen LogP contribution in [-0.4, -0.2) is 28.5 Å². The topological polar surface area (TPSA) is 0 Å². The predicted molar refractivity (Wildman–Crippen MR) is 167 cm³/mol. The molecule has 0 amide bonds. The minimum atomic E-state index is 0.185. The van der Waals surface area contributed by atoms with Gasteiger partial charge in [0.15, 0.2) is 0 Å². The summed E-state index contributed by atoms with van der Waals surface area (Å²) in [6, 6.07) is 0. The summed E-state index contributed by atoms with van der Waals surface area (Å²) in [4.78, 5) is 0. The monoisotopic (exact) mass is 524 g/mol. The van der Waals surface area contributed by atoms with Crippen LogP contribution in [0.2, 0.25) is 0 Å².